The zero-order valence-corrected chi connectivity index (χ0v) is 20.7. The number of fused-ring (bicyclic) bond motifs is 1. The Balaban J connectivity index is 1.29. The third-order valence-corrected chi connectivity index (χ3v) is 7.45. The van der Waals surface area contributed by atoms with Gasteiger partial charge in [-0.25, -0.2) is 9.36 Å². The van der Waals surface area contributed by atoms with Crippen molar-refractivity contribution in [1.82, 2.24) is 24.5 Å². The Morgan fingerprint density at radius 2 is 1.69 bits per heavy atom. The van der Waals surface area contributed by atoms with Crippen molar-refractivity contribution in [3.05, 3.63) is 81.9 Å². The van der Waals surface area contributed by atoms with Crippen molar-refractivity contribution in [1.29, 1.82) is 0 Å². The average molecular weight is 483 g/mol. The minimum Gasteiger partial charge on any atom is -0.368 e. The molecule has 8 heteroatoms. The summed E-state index contributed by atoms with van der Waals surface area (Å²) in [7, 11) is 0. The van der Waals surface area contributed by atoms with Gasteiger partial charge in [-0.15, -0.1) is 0 Å². The van der Waals surface area contributed by atoms with E-state index in [0.717, 1.165) is 48.3 Å². The molecule has 3 heterocycles. The summed E-state index contributed by atoms with van der Waals surface area (Å²) in [5.74, 6) is 0.247. The van der Waals surface area contributed by atoms with Gasteiger partial charge in [0.2, 0.25) is 5.91 Å². The number of anilines is 1. The molecule has 1 amide bonds. The fourth-order valence-electron chi connectivity index (χ4n) is 4.99. The van der Waals surface area contributed by atoms with Crippen LogP contribution in [0.3, 0.4) is 0 Å². The van der Waals surface area contributed by atoms with Gasteiger partial charge >= 0.3 is 0 Å². The molecular formula is C28H30N6O2. The van der Waals surface area contributed by atoms with Crippen LogP contribution in [0.2, 0.25) is 0 Å². The highest BCUT2D eigenvalue weighted by molar-refractivity contribution is 5.83. The second kappa shape index (κ2) is 8.93. The number of amides is 1. The van der Waals surface area contributed by atoms with Gasteiger partial charge in [0.05, 0.1) is 17.6 Å². The van der Waals surface area contributed by atoms with Gasteiger partial charge in [-0.1, -0.05) is 24.3 Å². The normalized spacial score (nSPS) is 16.1. The summed E-state index contributed by atoms with van der Waals surface area (Å²) in [5.41, 5.74) is 5.43. The van der Waals surface area contributed by atoms with Gasteiger partial charge in [-0.2, -0.15) is 10.2 Å². The van der Waals surface area contributed by atoms with Crippen molar-refractivity contribution >= 4 is 22.5 Å². The fraction of sp³-hybridized carbons (Fsp3) is 0.357. The minimum absolute atomic E-state index is 0.0576. The van der Waals surface area contributed by atoms with Crippen molar-refractivity contribution in [2.75, 3.05) is 31.1 Å². The van der Waals surface area contributed by atoms with Crippen LogP contribution in [0.25, 0.3) is 16.6 Å². The Morgan fingerprint density at radius 3 is 2.39 bits per heavy atom. The standard InChI is InChI=1S/C28H30N6O2/c1-19-8-11-23(16-20(19)2)34-27-24(17-29-34)26(21-9-10-21)30-33(28(27)36)18-25(35)32-14-12-31(13-15-32)22-6-4-3-5-7-22/h3-8,11,16-17,21H,9-10,12-15,18H2,1-2H3. The first kappa shape index (κ1) is 22.5. The van der Waals surface area contributed by atoms with E-state index in [-0.39, 0.29) is 18.0 Å². The number of hydrogen-bond acceptors (Lipinski definition) is 5. The summed E-state index contributed by atoms with van der Waals surface area (Å²) in [5, 5.41) is 10.1. The zero-order valence-electron chi connectivity index (χ0n) is 20.7. The first-order valence-electron chi connectivity index (χ1n) is 12.6. The molecule has 36 heavy (non-hydrogen) atoms. The average Bonchev–Trinajstić information content (AvgIpc) is 3.65. The smallest absolute Gasteiger partial charge is 0.293 e. The van der Waals surface area contributed by atoms with Crippen molar-refractivity contribution in [3.63, 3.8) is 0 Å². The number of benzene rings is 2. The maximum Gasteiger partial charge on any atom is 0.293 e. The van der Waals surface area contributed by atoms with Crippen molar-refractivity contribution < 1.29 is 4.79 Å². The summed E-state index contributed by atoms with van der Waals surface area (Å²) in [4.78, 5) is 31.0. The summed E-state index contributed by atoms with van der Waals surface area (Å²) in [6.07, 6.45) is 3.84. The molecule has 8 nitrogen and oxygen atoms in total. The highest BCUT2D eigenvalue weighted by atomic mass is 16.2. The third kappa shape index (κ3) is 4.06. The molecule has 0 N–H and O–H groups in total. The molecule has 2 aromatic carbocycles. The number of aryl methyl sites for hydroxylation is 2. The van der Waals surface area contributed by atoms with E-state index in [1.54, 1.807) is 10.9 Å². The summed E-state index contributed by atoms with van der Waals surface area (Å²) in [6, 6.07) is 16.3. The lowest BCUT2D eigenvalue weighted by Crippen LogP contribution is -2.50. The monoisotopic (exact) mass is 482 g/mol. The Morgan fingerprint density at radius 1 is 0.944 bits per heavy atom. The molecule has 0 unspecified atom stereocenters. The maximum absolute atomic E-state index is 13.6. The molecule has 0 radical (unpaired) electrons. The molecule has 2 aromatic heterocycles. The Bertz CT molecular complexity index is 1490. The predicted molar refractivity (Wildman–Crippen MR) is 140 cm³/mol. The van der Waals surface area contributed by atoms with E-state index in [2.05, 4.69) is 36.0 Å². The highest BCUT2D eigenvalue weighted by Gasteiger charge is 2.31. The van der Waals surface area contributed by atoms with E-state index < -0.39 is 0 Å². The van der Waals surface area contributed by atoms with Crippen LogP contribution in [0.5, 0.6) is 0 Å². The quantitative estimate of drug-likeness (QED) is 0.436. The second-order valence-electron chi connectivity index (χ2n) is 9.91. The molecule has 2 fully saturated rings. The number of hydrogen-bond donors (Lipinski definition) is 0. The summed E-state index contributed by atoms with van der Waals surface area (Å²) < 4.78 is 3.07. The fourth-order valence-corrected chi connectivity index (χ4v) is 4.99. The van der Waals surface area contributed by atoms with Crippen LogP contribution in [0.1, 0.15) is 35.6 Å². The molecule has 6 rings (SSSR count). The molecule has 4 aromatic rings. The van der Waals surface area contributed by atoms with Crippen molar-refractivity contribution in [2.24, 2.45) is 0 Å². The number of rotatable bonds is 5. The van der Waals surface area contributed by atoms with Crippen molar-refractivity contribution in [2.45, 2.75) is 39.2 Å². The molecule has 184 valence electrons. The molecule has 1 saturated carbocycles. The zero-order chi connectivity index (χ0) is 24.8. The maximum atomic E-state index is 13.6. The van der Waals surface area contributed by atoms with Crippen LogP contribution >= 0.6 is 0 Å². The van der Waals surface area contributed by atoms with E-state index in [1.807, 2.05) is 41.3 Å². The minimum atomic E-state index is -0.276. The number of aromatic nitrogens is 4. The van der Waals surface area contributed by atoms with Gasteiger partial charge in [0.15, 0.2) is 0 Å². The molecule has 1 aliphatic carbocycles. The van der Waals surface area contributed by atoms with Gasteiger partial charge in [-0.3, -0.25) is 9.59 Å². The number of piperazine rings is 1. The Labute approximate surface area is 209 Å². The lowest BCUT2D eigenvalue weighted by molar-refractivity contribution is -0.132. The lowest BCUT2D eigenvalue weighted by Gasteiger charge is -2.36. The van der Waals surface area contributed by atoms with E-state index in [0.29, 0.717) is 24.5 Å². The SMILES string of the molecule is Cc1ccc(-n2ncc3c(C4CC4)nn(CC(=O)N4CCN(c5ccccc5)CC4)c(=O)c32)cc1C. The lowest BCUT2D eigenvalue weighted by atomic mass is 10.1. The second-order valence-corrected chi connectivity index (χ2v) is 9.91. The van der Waals surface area contributed by atoms with E-state index >= 15 is 0 Å². The van der Waals surface area contributed by atoms with Gasteiger partial charge in [0.1, 0.15) is 12.1 Å². The Hall–Kier alpha value is -3.94. The van der Waals surface area contributed by atoms with E-state index in [1.165, 1.54) is 15.9 Å². The van der Waals surface area contributed by atoms with Crippen LogP contribution in [-0.2, 0) is 11.3 Å². The van der Waals surface area contributed by atoms with Crippen LogP contribution in [0.15, 0.2) is 59.5 Å². The van der Waals surface area contributed by atoms with E-state index in [4.69, 9.17) is 5.10 Å². The van der Waals surface area contributed by atoms with Gasteiger partial charge in [0.25, 0.3) is 5.56 Å². The van der Waals surface area contributed by atoms with Crippen LogP contribution in [0.4, 0.5) is 5.69 Å². The molecular weight excluding hydrogens is 452 g/mol. The summed E-state index contributed by atoms with van der Waals surface area (Å²) in [6.45, 7) is 6.84. The number of nitrogens with zero attached hydrogens (tertiary/aromatic N) is 6. The van der Waals surface area contributed by atoms with Crippen LogP contribution in [0, 0.1) is 13.8 Å². The largest absolute Gasteiger partial charge is 0.368 e. The van der Waals surface area contributed by atoms with E-state index in [9.17, 15) is 9.59 Å². The molecule has 0 bridgehead atoms. The third-order valence-electron chi connectivity index (χ3n) is 7.45. The number of carbonyl (C=O) groups excluding carboxylic acids is 1. The highest BCUT2D eigenvalue weighted by Crippen LogP contribution is 2.41. The predicted octanol–water partition coefficient (Wildman–Crippen LogP) is 3.43. The molecule has 2 aliphatic rings. The van der Waals surface area contributed by atoms with Gasteiger partial charge in [0, 0.05) is 43.2 Å². The molecule has 0 atom stereocenters. The van der Waals surface area contributed by atoms with Gasteiger partial charge in [-0.05, 0) is 62.1 Å². The molecule has 0 spiro atoms. The van der Waals surface area contributed by atoms with Crippen LogP contribution < -0.4 is 10.5 Å². The van der Waals surface area contributed by atoms with Crippen LogP contribution in [-0.4, -0.2) is 56.5 Å². The van der Waals surface area contributed by atoms with Gasteiger partial charge < -0.3 is 9.80 Å². The van der Waals surface area contributed by atoms with Crippen molar-refractivity contribution in [3.8, 4) is 5.69 Å². The first-order chi connectivity index (χ1) is 17.5. The summed E-state index contributed by atoms with van der Waals surface area (Å²) >= 11 is 0. The molecule has 1 saturated heterocycles. The number of carbonyl (C=O) groups is 1. The number of para-hydroxylation sites is 1. The topological polar surface area (TPSA) is 76.3 Å². The Kier molecular flexibility index (Phi) is 5.59. The molecule has 1 aliphatic heterocycles. The first-order valence-corrected chi connectivity index (χ1v) is 12.6.